The maximum atomic E-state index is 6.01. The van der Waals surface area contributed by atoms with Gasteiger partial charge in [0, 0.05) is 6.07 Å². The molecular formula is C12H16N2O2S. The smallest absolute Gasteiger partial charge is 0.212 e. The summed E-state index contributed by atoms with van der Waals surface area (Å²) in [7, 11) is 1.63. The van der Waals surface area contributed by atoms with Crippen LogP contribution in [0.2, 0.25) is 0 Å². The van der Waals surface area contributed by atoms with E-state index in [2.05, 4.69) is 11.2 Å². The lowest BCUT2D eigenvalue weighted by atomic mass is 10.2. The van der Waals surface area contributed by atoms with Crippen LogP contribution >= 0.6 is 11.8 Å². The molecule has 0 aliphatic heterocycles. The highest BCUT2D eigenvalue weighted by Gasteiger charge is 2.13. The van der Waals surface area contributed by atoms with E-state index < -0.39 is 0 Å². The molecule has 1 aromatic carbocycles. The molecule has 0 radical (unpaired) electrons. The number of nitrogens with two attached hydrogens (primary N) is 1. The standard InChI is InChI=1S/C12H16N2O2S/c1-15-8-3-4-11-10(7-8)14-12(16-11)9(13)5-6-17-2/h3-4,7,9H,5-6,13H2,1-2H3. The van der Waals surface area contributed by atoms with E-state index in [1.54, 1.807) is 18.9 Å². The monoisotopic (exact) mass is 252 g/mol. The number of rotatable bonds is 5. The van der Waals surface area contributed by atoms with E-state index in [1.165, 1.54) is 0 Å². The van der Waals surface area contributed by atoms with Crippen LogP contribution in [0.5, 0.6) is 5.75 Å². The van der Waals surface area contributed by atoms with Gasteiger partial charge in [0.15, 0.2) is 5.58 Å². The Hall–Kier alpha value is -1.20. The zero-order valence-corrected chi connectivity index (χ0v) is 10.8. The van der Waals surface area contributed by atoms with Gasteiger partial charge in [-0.15, -0.1) is 0 Å². The number of hydrogen-bond donors (Lipinski definition) is 1. The zero-order valence-electron chi connectivity index (χ0n) is 9.97. The van der Waals surface area contributed by atoms with Gasteiger partial charge in [0.25, 0.3) is 0 Å². The lowest BCUT2D eigenvalue weighted by molar-refractivity contribution is 0.415. The fourth-order valence-corrected chi connectivity index (χ4v) is 2.07. The molecule has 0 saturated heterocycles. The zero-order chi connectivity index (χ0) is 12.3. The summed E-state index contributed by atoms with van der Waals surface area (Å²) in [6.45, 7) is 0. The summed E-state index contributed by atoms with van der Waals surface area (Å²) in [5, 5.41) is 0. The molecule has 2 N–H and O–H groups in total. The van der Waals surface area contributed by atoms with Crippen molar-refractivity contribution in [3.63, 3.8) is 0 Å². The Morgan fingerprint density at radius 2 is 2.35 bits per heavy atom. The first-order valence-electron chi connectivity index (χ1n) is 5.43. The van der Waals surface area contributed by atoms with Gasteiger partial charge >= 0.3 is 0 Å². The molecule has 17 heavy (non-hydrogen) atoms. The van der Waals surface area contributed by atoms with Gasteiger partial charge in [0.2, 0.25) is 5.89 Å². The van der Waals surface area contributed by atoms with Crippen molar-refractivity contribution < 1.29 is 9.15 Å². The van der Waals surface area contributed by atoms with E-state index in [1.807, 2.05) is 18.2 Å². The number of hydrogen-bond acceptors (Lipinski definition) is 5. The van der Waals surface area contributed by atoms with Crippen molar-refractivity contribution in [3.05, 3.63) is 24.1 Å². The molecule has 1 unspecified atom stereocenters. The maximum absolute atomic E-state index is 6.01. The van der Waals surface area contributed by atoms with Crippen molar-refractivity contribution in [3.8, 4) is 5.75 Å². The number of ether oxygens (including phenoxy) is 1. The van der Waals surface area contributed by atoms with Crippen molar-refractivity contribution in [1.29, 1.82) is 0 Å². The van der Waals surface area contributed by atoms with Crippen LogP contribution in [0, 0.1) is 0 Å². The molecule has 0 aliphatic carbocycles. The number of aromatic nitrogens is 1. The minimum atomic E-state index is -0.138. The van der Waals surface area contributed by atoms with Crippen molar-refractivity contribution >= 4 is 22.9 Å². The molecule has 2 rings (SSSR count). The Balaban J connectivity index is 2.24. The average molecular weight is 252 g/mol. The molecule has 4 nitrogen and oxygen atoms in total. The van der Waals surface area contributed by atoms with Gasteiger partial charge in [-0.2, -0.15) is 11.8 Å². The highest BCUT2D eigenvalue weighted by atomic mass is 32.2. The summed E-state index contributed by atoms with van der Waals surface area (Å²) in [6.07, 6.45) is 2.93. The van der Waals surface area contributed by atoms with Crippen molar-refractivity contribution in [2.24, 2.45) is 5.73 Å². The molecule has 0 spiro atoms. The summed E-state index contributed by atoms with van der Waals surface area (Å²) in [4.78, 5) is 4.39. The topological polar surface area (TPSA) is 61.3 Å². The third-order valence-electron chi connectivity index (χ3n) is 2.56. The first-order valence-corrected chi connectivity index (χ1v) is 6.83. The molecule has 1 heterocycles. The lowest BCUT2D eigenvalue weighted by Crippen LogP contribution is -2.11. The van der Waals surface area contributed by atoms with Crippen LogP contribution < -0.4 is 10.5 Å². The number of thioether (sulfide) groups is 1. The third-order valence-corrected chi connectivity index (χ3v) is 3.21. The highest BCUT2D eigenvalue weighted by Crippen LogP contribution is 2.24. The largest absolute Gasteiger partial charge is 0.497 e. The van der Waals surface area contributed by atoms with Gasteiger partial charge in [-0.05, 0) is 30.6 Å². The molecule has 0 saturated carbocycles. The Morgan fingerprint density at radius 3 is 3.06 bits per heavy atom. The molecule has 0 amide bonds. The normalized spacial score (nSPS) is 12.9. The van der Waals surface area contributed by atoms with Crippen molar-refractivity contribution in [2.75, 3.05) is 19.1 Å². The highest BCUT2D eigenvalue weighted by molar-refractivity contribution is 7.98. The summed E-state index contributed by atoms with van der Waals surface area (Å²) in [5.74, 6) is 2.38. The molecule has 0 aliphatic rings. The number of oxazole rings is 1. The van der Waals surface area contributed by atoms with Gasteiger partial charge in [-0.25, -0.2) is 4.98 Å². The van der Waals surface area contributed by atoms with Crippen LogP contribution in [0.15, 0.2) is 22.6 Å². The first-order chi connectivity index (χ1) is 8.24. The fraction of sp³-hybridized carbons (Fsp3) is 0.417. The van der Waals surface area contributed by atoms with E-state index in [-0.39, 0.29) is 6.04 Å². The van der Waals surface area contributed by atoms with Gasteiger partial charge < -0.3 is 14.9 Å². The maximum Gasteiger partial charge on any atom is 0.212 e. The van der Waals surface area contributed by atoms with Gasteiger partial charge in [0.05, 0.1) is 13.2 Å². The van der Waals surface area contributed by atoms with E-state index in [0.717, 1.165) is 29.0 Å². The van der Waals surface area contributed by atoms with Gasteiger partial charge in [0.1, 0.15) is 11.3 Å². The first kappa shape index (κ1) is 12.3. The second kappa shape index (κ2) is 5.42. The van der Waals surface area contributed by atoms with Crippen LogP contribution in [-0.4, -0.2) is 24.1 Å². The second-order valence-electron chi connectivity index (χ2n) is 3.77. The summed E-state index contributed by atoms with van der Waals surface area (Å²) >= 11 is 1.77. The molecule has 5 heteroatoms. The number of nitrogens with zero attached hydrogens (tertiary/aromatic N) is 1. The molecular weight excluding hydrogens is 236 g/mol. The van der Waals surface area contributed by atoms with Crippen LogP contribution in [-0.2, 0) is 0 Å². The average Bonchev–Trinajstić information content (AvgIpc) is 2.78. The molecule has 0 fully saturated rings. The second-order valence-corrected chi connectivity index (χ2v) is 4.76. The van der Waals surface area contributed by atoms with Crippen molar-refractivity contribution in [2.45, 2.75) is 12.5 Å². The Kier molecular flexibility index (Phi) is 3.91. The Labute approximate surface area is 105 Å². The van der Waals surface area contributed by atoms with Gasteiger partial charge in [-0.1, -0.05) is 0 Å². The number of fused-ring (bicyclic) bond motifs is 1. The molecule has 2 aromatic rings. The van der Waals surface area contributed by atoms with Crippen molar-refractivity contribution in [1.82, 2.24) is 4.98 Å². The van der Waals surface area contributed by atoms with Crippen LogP contribution in [0.25, 0.3) is 11.1 Å². The van der Waals surface area contributed by atoms with Crippen LogP contribution in [0.4, 0.5) is 0 Å². The SMILES string of the molecule is COc1ccc2oc(C(N)CCSC)nc2c1. The van der Waals surface area contributed by atoms with E-state index in [9.17, 15) is 0 Å². The third kappa shape index (κ3) is 2.73. The summed E-state index contributed by atoms with van der Waals surface area (Å²) in [6, 6.07) is 5.42. The quantitative estimate of drug-likeness (QED) is 0.886. The summed E-state index contributed by atoms with van der Waals surface area (Å²) < 4.78 is 10.8. The van der Waals surface area contributed by atoms with E-state index in [0.29, 0.717) is 5.89 Å². The van der Waals surface area contributed by atoms with Gasteiger partial charge in [-0.3, -0.25) is 0 Å². The summed E-state index contributed by atoms with van der Waals surface area (Å²) in [5.41, 5.74) is 7.56. The van der Waals surface area contributed by atoms with Crippen LogP contribution in [0.3, 0.4) is 0 Å². The Morgan fingerprint density at radius 1 is 1.53 bits per heavy atom. The van der Waals surface area contributed by atoms with E-state index in [4.69, 9.17) is 14.9 Å². The fourth-order valence-electron chi connectivity index (χ4n) is 1.58. The predicted octanol–water partition coefficient (Wildman–Crippen LogP) is 2.59. The minimum absolute atomic E-state index is 0.138. The molecule has 92 valence electrons. The Bertz CT molecular complexity index is 498. The van der Waals surface area contributed by atoms with E-state index >= 15 is 0 Å². The minimum Gasteiger partial charge on any atom is -0.497 e. The molecule has 0 bridgehead atoms. The lowest BCUT2D eigenvalue weighted by Gasteiger charge is -2.04. The number of benzene rings is 1. The molecule has 1 aromatic heterocycles. The number of methoxy groups -OCH3 is 1. The molecule has 1 atom stereocenters. The van der Waals surface area contributed by atoms with Crippen LogP contribution in [0.1, 0.15) is 18.4 Å². The predicted molar refractivity (Wildman–Crippen MR) is 70.5 cm³/mol.